The van der Waals surface area contributed by atoms with Crippen molar-refractivity contribution in [3.8, 4) is 0 Å². The number of halogens is 1. The summed E-state index contributed by atoms with van der Waals surface area (Å²) in [4.78, 5) is 27.4. The van der Waals surface area contributed by atoms with Crippen molar-refractivity contribution in [1.82, 2.24) is 24.3 Å². The van der Waals surface area contributed by atoms with Gasteiger partial charge in [0.15, 0.2) is 0 Å². The molecule has 1 aliphatic rings. The van der Waals surface area contributed by atoms with Crippen LogP contribution >= 0.6 is 0 Å². The number of likely N-dealkylation sites (tertiary alicyclic amines) is 1. The van der Waals surface area contributed by atoms with Gasteiger partial charge < -0.3 is 14.3 Å². The number of benzene rings is 1. The number of amides is 1. The van der Waals surface area contributed by atoms with Crippen LogP contribution < -0.4 is 0 Å². The van der Waals surface area contributed by atoms with Gasteiger partial charge in [0.25, 0.3) is 0 Å². The van der Waals surface area contributed by atoms with Crippen LogP contribution in [0.4, 0.5) is 4.39 Å². The van der Waals surface area contributed by atoms with Crippen molar-refractivity contribution in [2.45, 2.75) is 39.0 Å². The van der Waals surface area contributed by atoms with E-state index in [2.05, 4.69) is 15.0 Å². The third kappa shape index (κ3) is 3.24. The Morgan fingerprint density at radius 3 is 2.80 bits per heavy atom. The van der Waals surface area contributed by atoms with E-state index < -0.39 is 0 Å². The number of hydrogen-bond acceptors (Lipinski definition) is 3. The molecule has 1 N–H and O–H groups in total. The minimum Gasteiger partial charge on any atom is -0.342 e. The van der Waals surface area contributed by atoms with Gasteiger partial charge in [-0.1, -0.05) is 6.07 Å². The van der Waals surface area contributed by atoms with E-state index in [0.29, 0.717) is 19.5 Å². The number of aromatic nitrogens is 4. The quantitative estimate of drug-likeness (QED) is 0.562. The van der Waals surface area contributed by atoms with Crippen LogP contribution in [0.5, 0.6) is 0 Å². The lowest BCUT2D eigenvalue weighted by molar-refractivity contribution is -0.131. The van der Waals surface area contributed by atoms with Crippen LogP contribution in [0.15, 0.2) is 36.5 Å². The number of H-pyrrole nitrogens is 1. The molecule has 0 radical (unpaired) electrons. The molecule has 0 spiro atoms. The van der Waals surface area contributed by atoms with Gasteiger partial charge in [-0.15, -0.1) is 0 Å². The van der Waals surface area contributed by atoms with Crippen molar-refractivity contribution in [2.75, 3.05) is 13.1 Å². The Kier molecular flexibility index (Phi) is 4.53. The Labute approximate surface area is 173 Å². The molecule has 1 saturated heterocycles. The number of carbonyl (C=O) groups excluding carboxylic acids is 1. The zero-order chi connectivity index (χ0) is 20.8. The fourth-order valence-corrected chi connectivity index (χ4v) is 4.43. The number of aromatic amines is 1. The second kappa shape index (κ2) is 7.23. The number of carbonyl (C=O) groups is 1. The molecule has 3 aromatic heterocycles. The second-order valence-corrected chi connectivity index (χ2v) is 8.14. The summed E-state index contributed by atoms with van der Waals surface area (Å²) in [6.07, 6.45) is 4.02. The monoisotopic (exact) mass is 405 g/mol. The van der Waals surface area contributed by atoms with E-state index in [1.807, 2.05) is 41.5 Å². The SMILES string of the molecule is Cc1nc2c(C)cccn2c1CC(=O)N1CCC(c2nc3ccc(F)cc3[nH]2)CC1. The van der Waals surface area contributed by atoms with E-state index in [4.69, 9.17) is 0 Å². The fourth-order valence-electron chi connectivity index (χ4n) is 4.43. The number of hydrogen-bond donors (Lipinski definition) is 1. The minimum absolute atomic E-state index is 0.131. The molecule has 0 unspecified atom stereocenters. The number of imidazole rings is 2. The highest BCUT2D eigenvalue weighted by atomic mass is 19.1. The van der Waals surface area contributed by atoms with E-state index in [0.717, 1.165) is 52.3 Å². The first kappa shape index (κ1) is 18.8. The van der Waals surface area contributed by atoms with Gasteiger partial charge in [-0.2, -0.15) is 0 Å². The standard InChI is InChI=1S/C23H24FN5O/c1-14-4-3-9-29-20(15(2)25-23(14)29)13-21(30)28-10-7-16(8-11-28)22-26-18-6-5-17(24)12-19(18)27-22/h3-6,9,12,16H,7-8,10-11,13H2,1-2H3,(H,26,27). The van der Waals surface area contributed by atoms with Crippen LogP contribution in [0.2, 0.25) is 0 Å². The van der Waals surface area contributed by atoms with Gasteiger partial charge in [0.1, 0.15) is 17.3 Å². The molecule has 5 rings (SSSR count). The van der Waals surface area contributed by atoms with E-state index in [1.165, 1.54) is 12.1 Å². The van der Waals surface area contributed by atoms with Crippen molar-refractivity contribution in [3.05, 3.63) is 65.1 Å². The van der Waals surface area contributed by atoms with E-state index in [-0.39, 0.29) is 17.6 Å². The summed E-state index contributed by atoms with van der Waals surface area (Å²) in [5.41, 5.74) is 5.39. The Balaban J connectivity index is 1.28. The maximum atomic E-state index is 13.4. The molecule has 1 fully saturated rings. The maximum Gasteiger partial charge on any atom is 0.228 e. The topological polar surface area (TPSA) is 66.3 Å². The maximum absolute atomic E-state index is 13.4. The number of nitrogens with zero attached hydrogens (tertiary/aromatic N) is 4. The smallest absolute Gasteiger partial charge is 0.228 e. The summed E-state index contributed by atoms with van der Waals surface area (Å²) in [5, 5.41) is 0. The van der Waals surface area contributed by atoms with Crippen molar-refractivity contribution in [1.29, 1.82) is 0 Å². The van der Waals surface area contributed by atoms with Crippen LogP contribution in [0.25, 0.3) is 16.7 Å². The van der Waals surface area contributed by atoms with Crippen molar-refractivity contribution >= 4 is 22.6 Å². The first-order valence-corrected chi connectivity index (χ1v) is 10.4. The molecular formula is C23H24FN5O. The number of pyridine rings is 1. The van der Waals surface area contributed by atoms with Crippen LogP contribution in [0, 0.1) is 19.7 Å². The molecular weight excluding hydrogens is 381 g/mol. The number of aryl methyl sites for hydroxylation is 2. The predicted molar refractivity (Wildman–Crippen MR) is 113 cm³/mol. The number of piperidine rings is 1. The molecule has 7 heteroatoms. The zero-order valence-corrected chi connectivity index (χ0v) is 17.2. The number of fused-ring (bicyclic) bond motifs is 2. The Morgan fingerprint density at radius 1 is 1.20 bits per heavy atom. The summed E-state index contributed by atoms with van der Waals surface area (Å²) in [6, 6.07) is 8.62. The molecule has 4 heterocycles. The molecule has 4 aromatic rings. The lowest BCUT2D eigenvalue weighted by Gasteiger charge is -2.31. The van der Waals surface area contributed by atoms with E-state index in [1.54, 1.807) is 6.07 Å². The molecule has 0 atom stereocenters. The number of rotatable bonds is 3. The highest BCUT2D eigenvalue weighted by Gasteiger charge is 2.27. The summed E-state index contributed by atoms with van der Waals surface area (Å²) in [7, 11) is 0. The van der Waals surface area contributed by atoms with Gasteiger partial charge in [0, 0.05) is 25.2 Å². The average Bonchev–Trinajstić information content (AvgIpc) is 3.30. The van der Waals surface area contributed by atoms with Crippen LogP contribution in [0.3, 0.4) is 0 Å². The summed E-state index contributed by atoms with van der Waals surface area (Å²) in [5.74, 6) is 1.00. The first-order chi connectivity index (χ1) is 14.5. The first-order valence-electron chi connectivity index (χ1n) is 10.4. The number of nitrogens with one attached hydrogen (secondary N) is 1. The third-order valence-corrected chi connectivity index (χ3v) is 6.16. The highest BCUT2D eigenvalue weighted by molar-refractivity contribution is 5.79. The Hall–Kier alpha value is -3.22. The Bertz CT molecular complexity index is 1250. The molecule has 1 aliphatic heterocycles. The van der Waals surface area contributed by atoms with Gasteiger partial charge in [0.2, 0.25) is 5.91 Å². The average molecular weight is 405 g/mol. The second-order valence-electron chi connectivity index (χ2n) is 8.14. The lowest BCUT2D eigenvalue weighted by atomic mass is 9.96. The molecule has 1 aromatic carbocycles. The molecule has 0 saturated carbocycles. The normalized spacial score (nSPS) is 15.4. The van der Waals surface area contributed by atoms with Gasteiger partial charge in [-0.25, -0.2) is 14.4 Å². The summed E-state index contributed by atoms with van der Waals surface area (Å²) in [6.45, 7) is 5.39. The lowest BCUT2D eigenvalue weighted by Crippen LogP contribution is -2.39. The zero-order valence-electron chi connectivity index (χ0n) is 17.2. The van der Waals surface area contributed by atoms with Crippen LogP contribution in [-0.2, 0) is 11.2 Å². The van der Waals surface area contributed by atoms with E-state index >= 15 is 0 Å². The van der Waals surface area contributed by atoms with Gasteiger partial charge in [-0.3, -0.25) is 4.79 Å². The third-order valence-electron chi connectivity index (χ3n) is 6.16. The van der Waals surface area contributed by atoms with Crippen LogP contribution in [0.1, 0.15) is 41.5 Å². The Morgan fingerprint density at radius 2 is 2.00 bits per heavy atom. The highest BCUT2D eigenvalue weighted by Crippen LogP contribution is 2.28. The van der Waals surface area contributed by atoms with Crippen molar-refractivity contribution in [3.63, 3.8) is 0 Å². The van der Waals surface area contributed by atoms with Gasteiger partial charge in [0.05, 0.1) is 28.8 Å². The molecule has 30 heavy (non-hydrogen) atoms. The van der Waals surface area contributed by atoms with Gasteiger partial charge in [-0.05, 0) is 56.5 Å². The summed E-state index contributed by atoms with van der Waals surface area (Å²) >= 11 is 0. The van der Waals surface area contributed by atoms with Crippen LogP contribution in [-0.4, -0.2) is 43.2 Å². The summed E-state index contributed by atoms with van der Waals surface area (Å²) < 4.78 is 15.5. The molecule has 1 amide bonds. The fraction of sp³-hybridized carbons (Fsp3) is 0.348. The molecule has 154 valence electrons. The van der Waals surface area contributed by atoms with Crippen molar-refractivity contribution < 1.29 is 9.18 Å². The largest absolute Gasteiger partial charge is 0.342 e. The minimum atomic E-state index is -0.268. The predicted octanol–water partition coefficient (Wildman–Crippen LogP) is 3.92. The van der Waals surface area contributed by atoms with E-state index in [9.17, 15) is 9.18 Å². The molecule has 0 bridgehead atoms. The molecule has 0 aliphatic carbocycles. The molecule has 6 nitrogen and oxygen atoms in total. The van der Waals surface area contributed by atoms with Gasteiger partial charge >= 0.3 is 0 Å². The van der Waals surface area contributed by atoms with Crippen molar-refractivity contribution in [2.24, 2.45) is 0 Å².